The Labute approximate surface area is 109 Å². The zero-order valence-corrected chi connectivity index (χ0v) is 10.6. The first kappa shape index (κ1) is 12.8. The molecule has 2 rings (SSSR count). The van der Waals surface area contributed by atoms with Crippen LogP contribution >= 0.6 is 11.6 Å². The van der Waals surface area contributed by atoms with E-state index in [0.29, 0.717) is 18.7 Å². The van der Waals surface area contributed by atoms with Crippen molar-refractivity contribution in [3.8, 4) is 0 Å². The predicted octanol–water partition coefficient (Wildman–Crippen LogP) is 1.53. The number of amides is 1. The van der Waals surface area contributed by atoms with Gasteiger partial charge in [-0.15, -0.1) is 0 Å². The van der Waals surface area contributed by atoms with Crippen molar-refractivity contribution in [1.29, 1.82) is 0 Å². The fourth-order valence-corrected chi connectivity index (χ4v) is 2.11. The van der Waals surface area contributed by atoms with Gasteiger partial charge in [-0.1, -0.05) is 18.5 Å². The second kappa shape index (κ2) is 4.94. The van der Waals surface area contributed by atoms with Crippen LogP contribution in [0.5, 0.6) is 0 Å². The Hall–Kier alpha value is -1.62. The summed E-state index contributed by atoms with van der Waals surface area (Å²) in [6.07, 6.45) is 1.52. The number of carboxylic acids is 1. The van der Waals surface area contributed by atoms with Gasteiger partial charge in [0, 0.05) is 25.2 Å². The molecule has 1 saturated heterocycles. The van der Waals surface area contributed by atoms with E-state index in [-0.39, 0.29) is 17.0 Å². The van der Waals surface area contributed by atoms with E-state index in [0.717, 1.165) is 0 Å². The Bertz CT molecular complexity index is 486. The van der Waals surface area contributed by atoms with Gasteiger partial charge in [-0.25, -0.2) is 4.98 Å². The molecule has 0 saturated carbocycles. The first-order valence-electron chi connectivity index (χ1n) is 5.63. The molecule has 18 heavy (non-hydrogen) atoms. The Morgan fingerprint density at radius 2 is 2.22 bits per heavy atom. The second-order valence-electron chi connectivity index (χ2n) is 4.44. The standard InChI is InChI=1S/C12H13ClN2O3/c1-7(12(17)18)8-5-15(6-8)11(16)9-3-2-4-14-10(9)13/h2-4,7-8H,5-6H2,1H3,(H,17,18). The van der Waals surface area contributed by atoms with Crippen LogP contribution in [0.3, 0.4) is 0 Å². The number of rotatable bonds is 3. The van der Waals surface area contributed by atoms with Gasteiger partial charge in [0.25, 0.3) is 5.91 Å². The molecule has 1 aliphatic rings. The van der Waals surface area contributed by atoms with Gasteiger partial charge in [0.1, 0.15) is 5.15 Å². The minimum atomic E-state index is -0.827. The first-order valence-corrected chi connectivity index (χ1v) is 6.01. The van der Waals surface area contributed by atoms with Crippen LogP contribution in [-0.4, -0.2) is 40.0 Å². The zero-order chi connectivity index (χ0) is 13.3. The minimum Gasteiger partial charge on any atom is -0.481 e. The summed E-state index contributed by atoms with van der Waals surface area (Å²) >= 11 is 5.84. The van der Waals surface area contributed by atoms with E-state index in [1.165, 1.54) is 6.20 Å². The Morgan fingerprint density at radius 3 is 2.78 bits per heavy atom. The van der Waals surface area contributed by atoms with Crippen LogP contribution in [0.2, 0.25) is 5.15 Å². The molecule has 0 radical (unpaired) electrons. The van der Waals surface area contributed by atoms with Crippen LogP contribution in [0.25, 0.3) is 0 Å². The molecule has 0 aromatic carbocycles. The number of aliphatic carboxylic acids is 1. The Morgan fingerprint density at radius 1 is 1.56 bits per heavy atom. The molecular formula is C12H13ClN2O3. The number of aromatic nitrogens is 1. The lowest BCUT2D eigenvalue weighted by atomic mass is 9.87. The first-order chi connectivity index (χ1) is 8.50. The van der Waals surface area contributed by atoms with Gasteiger partial charge in [0.05, 0.1) is 11.5 Å². The van der Waals surface area contributed by atoms with Gasteiger partial charge in [0.15, 0.2) is 0 Å². The number of hydrogen-bond donors (Lipinski definition) is 1. The van der Waals surface area contributed by atoms with Gasteiger partial charge < -0.3 is 10.0 Å². The molecular weight excluding hydrogens is 256 g/mol. The molecule has 2 heterocycles. The van der Waals surface area contributed by atoms with Gasteiger partial charge in [0.2, 0.25) is 0 Å². The highest BCUT2D eigenvalue weighted by Crippen LogP contribution is 2.26. The van der Waals surface area contributed by atoms with Crippen molar-refractivity contribution >= 4 is 23.5 Å². The molecule has 1 aromatic rings. The smallest absolute Gasteiger partial charge is 0.306 e. The number of halogens is 1. The van der Waals surface area contributed by atoms with Gasteiger partial charge in [-0.2, -0.15) is 0 Å². The number of pyridine rings is 1. The number of likely N-dealkylation sites (tertiary alicyclic amines) is 1. The van der Waals surface area contributed by atoms with Crippen LogP contribution < -0.4 is 0 Å². The normalized spacial score (nSPS) is 17.1. The number of carbonyl (C=O) groups is 2. The lowest BCUT2D eigenvalue weighted by Gasteiger charge is -2.41. The van der Waals surface area contributed by atoms with Crippen LogP contribution in [0.15, 0.2) is 18.3 Å². The molecule has 1 amide bonds. The fraction of sp³-hybridized carbons (Fsp3) is 0.417. The molecule has 0 spiro atoms. The summed E-state index contributed by atoms with van der Waals surface area (Å²) in [4.78, 5) is 28.3. The summed E-state index contributed by atoms with van der Waals surface area (Å²) in [5.41, 5.74) is 0.362. The Balaban J connectivity index is 1.99. The maximum absolute atomic E-state index is 12.0. The molecule has 5 nitrogen and oxygen atoms in total. The van der Waals surface area contributed by atoms with Crippen molar-refractivity contribution in [2.45, 2.75) is 6.92 Å². The van der Waals surface area contributed by atoms with Crippen LogP contribution in [-0.2, 0) is 4.79 Å². The van der Waals surface area contributed by atoms with Gasteiger partial charge >= 0.3 is 5.97 Å². The Kier molecular flexibility index (Phi) is 3.52. The SMILES string of the molecule is CC(C(=O)O)C1CN(C(=O)c2cccnc2Cl)C1. The summed E-state index contributed by atoms with van der Waals surface area (Å²) in [7, 11) is 0. The van der Waals surface area contributed by atoms with E-state index in [2.05, 4.69) is 4.98 Å². The second-order valence-corrected chi connectivity index (χ2v) is 4.80. The van der Waals surface area contributed by atoms with E-state index in [1.54, 1.807) is 24.0 Å². The minimum absolute atomic E-state index is 0.0156. The fourth-order valence-electron chi connectivity index (χ4n) is 1.91. The highest BCUT2D eigenvalue weighted by atomic mass is 35.5. The molecule has 1 atom stereocenters. The molecule has 6 heteroatoms. The highest BCUT2D eigenvalue weighted by molar-refractivity contribution is 6.32. The largest absolute Gasteiger partial charge is 0.481 e. The molecule has 1 N–H and O–H groups in total. The van der Waals surface area contributed by atoms with Crippen molar-refractivity contribution in [1.82, 2.24) is 9.88 Å². The zero-order valence-electron chi connectivity index (χ0n) is 9.84. The van der Waals surface area contributed by atoms with E-state index >= 15 is 0 Å². The molecule has 1 fully saturated rings. The summed E-state index contributed by atoms with van der Waals surface area (Å²) in [6.45, 7) is 2.57. The number of carboxylic acid groups (broad SMARTS) is 1. The van der Waals surface area contributed by atoms with E-state index in [1.807, 2.05) is 0 Å². The summed E-state index contributed by atoms with van der Waals surface area (Å²) in [5.74, 6) is -1.44. The molecule has 96 valence electrons. The molecule has 1 unspecified atom stereocenters. The average molecular weight is 269 g/mol. The van der Waals surface area contributed by atoms with E-state index < -0.39 is 11.9 Å². The summed E-state index contributed by atoms with van der Waals surface area (Å²) in [6, 6.07) is 3.27. The number of carbonyl (C=O) groups excluding carboxylic acids is 1. The summed E-state index contributed by atoms with van der Waals surface area (Å²) in [5, 5.41) is 9.05. The van der Waals surface area contributed by atoms with Crippen molar-refractivity contribution in [3.05, 3.63) is 29.0 Å². The van der Waals surface area contributed by atoms with Crippen LogP contribution in [0.1, 0.15) is 17.3 Å². The lowest BCUT2D eigenvalue weighted by Crippen LogP contribution is -2.53. The maximum Gasteiger partial charge on any atom is 0.306 e. The van der Waals surface area contributed by atoms with Gasteiger partial charge in [-0.3, -0.25) is 9.59 Å². The summed E-state index contributed by atoms with van der Waals surface area (Å²) < 4.78 is 0. The third kappa shape index (κ3) is 2.31. The molecule has 0 bridgehead atoms. The predicted molar refractivity (Wildman–Crippen MR) is 65.4 cm³/mol. The van der Waals surface area contributed by atoms with Crippen LogP contribution in [0, 0.1) is 11.8 Å². The van der Waals surface area contributed by atoms with Crippen molar-refractivity contribution in [2.75, 3.05) is 13.1 Å². The average Bonchev–Trinajstić information content (AvgIpc) is 2.27. The maximum atomic E-state index is 12.0. The van der Waals surface area contributed by atoms with E-state index in [9.17, 15) is 9.59 Å². The van der Waals surface area contributed by atoms with Crippen molar-refractivity contribution < 1.29 is 14.7 Å². The monoisotopic (exact) mass is 268 g/mol. The quantitative estimate of drug-likeness (QED) is 0.844. The third-order valence-electron chi connectivity index (χ3n) is 3.28. The molecule has 1 aliphatic heterocycles. The molecule has 0 aliphatic carbocycles. The third-order valence-corrected chi connectivity index (χ3v) is 3.58. The van der Waals surface area contributed by atoms with Crippen molar-refractivity contribution in [3.63, 3.8) is 0 Å². The number of hydrogen-bond acceptors (Lipinski definition) is 3. The van der Waals surface area contributed by atoms with E-state index in [4.69, 9.17) is 16.7 Å². The highest BCUT2D eigenvalue weighted by Gasteiger charge is 2.37. The number of nitrogens with zero attached hydrogens (tertiary/aromatic N) is 2. The van der Waals surface area contributed by atoms with Crippen molar-refractivity contribution in [2.24, 2.45) is 11.8 Å². The lowest BCUT2D eigenvalue weighted by molar-refractivity contribution is -0.144. The van der Waals surface area contributed by atoms with Crippen LogP contribution in [0.4, 0.5) is 0 Å². The molecule has 1 aromatic heterocycles. The van der Waals surface area contributed by atoms with Gasteiger partial charge in [-0.05, 0) is 12.1 Å². The topological polar surface area (TPSA) is 70.5 Å².